The van der Waals surface area contributed by atoms with E-state index in [1.165, 1.54) is 19.4 Å². The Balaban J connectivity index is 1.69. The molecule has 0 fully saturated rings. The number of nitrogens with one attached hydrogen (secondary N) is 2. The molecular weight excluding hydrogens is 473 g/mol. The first-order valence-corrected chi connectivity index (χ1v) is 10.2. The van der Waals surface area contributed by atoms with Gasteiger partial charge in [-0.2, -0.15) is 18.3 Å². The van der Waals surface area contributed by atoms with Crippen LogP contribution in [0.1, 0.15) is 22.5 Å². The largest absolute Gasteiger partial charge is 0.495 e. The lowest BCUT2D eigenvalue weighted by Gasteiger charge is -2.11. The second-order valence-corrected chi connectivity index (χ2v) is 7.62. The molecule has 11 heteroatoms. The highest BCUT2D eigenvalue weighted by Crippen LogP contribution is 2.31. The van der Waals surface area contributed by atoms with Gasteiger partial charge in [0.2, 0.25) is 0 Å². The van der Waals surface area contributed by atoms with E-state index in [1.54, 1.807) is 12.1 Å². The summed E-state index contributed by atoms with van der Waals surface area (Å²) in [5.74, 6) is -1.75. The minimum atomic E-state index is -4.57. The number of rotatable bonds is 5. The number of hydrazone groups is 1. The zero-order valence-corrected chi connectivity index (χ0v) is 19.1. The van der Waals surface area contributed by atoms with E-state index in [-0.39, 0.29) is 5.69 Å². The number of aromatic nitrogens is 1. The Morgan fingerprint density at radius 1 is 1.09 bits per heavy atom. The van der Waals surface area contributed by atoms with E-state index in [1.807, 2.05) is 30.5 Å². The molecule has 178 valence electrons. The van der Waals surface area contributed by atoms with Gasteiger partial charge in [0.05, 0.1) is 23.9 Å². The number of nitrogens with zero attached hydrogens (tertiary/aromatic N) is 2. The van der Waals surface area contributed by atoms with Crippen LogP contribution in [0.3, 0.4) is 0 Å². The summed E-state index contributed by atoms with van der Waals surface area (Å²) in [4.78, 5) is 24.0. The lowest BCUT2D eigenvalue weighted by molar-refractivity contribution is -0.137. The molecule has 0 aliphatic rings. The third kappa shape index (κ3) is 5.57. The van der Waals surface area contributed by atoms with Crippen LogP contribution in [-0.2, 0) is 15.8 Å². The zero-order valence-electron chi connectivity index (χ0n) is 18.3. The van der Waals surface area contributed by atoms with Crippen LogP contribution in [0.25, 0.3) is 5.69 Å². The third-order valence-electron chi connectivity index (χ3n) is 4.89. The SMILES string of the molecule is COc1ccc(-n2c(C)cc(/C=N\NC(=O)C(=O)Nc3cccc(C(F)(F)F)c3)c2C)cc1Cl. The highest BCUT2D eigenvalue weighted by molar-refractivity contribution is 6.39. The first-order valence-electron chi connectivity index (χ1n) is 9.85. The van der Waals surface area contributed by atoms with E-state index in [2.05, 4.69) is 15.8 Å². The van der Waals surface area contributed by atoms with Crippen molar-refractivity contribution >= 4 is 35.3 Å². The molecule has 3 aromatic rings. The second kappa shape index (κ2) is 10.0. The summed E-state index contributed by atoms with van der Waals surface area (Å²) in [6, 6.07) is 11.1. The highest BCUT2D eigenvalue weighted by Gasteiger charge is 2.30. The maximum Gasteiger partial charge on any atom is 0.416 e. The van der Waals surface area contributed by atoms with E-state index in [0.717, 1.165) is 35.3 Å². The molecule has 0 aliphatic carbocycles. The van der Waals surface area contributed by atoms with Gasteiger partial charge in [0.25, 0.3) is 0 Å². The van der Waals surface area contributed by atoms with Gasteiger partial charge in [-0.05, 0) is 56.3 Å². The summed E-state index contributed by atoms with van der Waals surface area (Å²) >= 11 is 6.22. The van der Waals surface area contributed by atoms with Gasteiger partial charge in [-0.15, -0.1) is 0 Å². The van der Waals surface area contributed by atoms with Crippen LogP contribution in [0.4, 0.5) is 18.9 Å². The van der Waals surface area contributed by atoms with Crippen molar-refractivity contribution < 1.29 is 27.5 Å². The Morgan fingerprint density at radius 2 is 1.82 bits per heavy atom. The monoisotopic (exact) mass is 492 g/mol. The number of methoxy groups -OCH3 is 1. The van der Waals surface area contributed by atoms with Crippen LogP contribution in [0, 0.1) is 13.8 Å². The molecule has 0 radical (unpaired) electrons. The first-order chi connectivity index (χ1) is 16.0. The number of carbonyl (C=O) groups is 2. The lowest BCUT2D eigenvalue weighted by atomic mass is 10.2. The summed E-state index contributed by atoms with van der Waals surface area (Å²) in [5.41, 5.74) is 4.08. The van der Waals surface area contributed by atoms with Crippen molar-refractivity contribution in [3.8, 4) is 11.4 Å². The molecule has 7 nitrogen and oxygen atoms in total. The molecule has 0 unspecified atom stereocenters. The van der Waals surface area contributed by atoms with Crippen molar-refractivity contribution in [1.82, 2.24) is 9.99 Å². The van der Waals surface area contributed by atoms with Gasteiger partial charge in [0.1, 0.15) is 5.75 Å². The molecule has 0 saturated heterocycles. The number of benzene rings is 2. The van der Waals surface area contributed by atoms with Crippen LogP contribution >= 0.6 is 11.6 Å². The Morgan fingerprint density at radius 3 is 2.47 bits per heavy atom. The number of carbonyl (C=O) groups excluding carboxylic acids is 2. The van der Waals surface area contributed by atoms with Crippen molar-refractivity contribution in [3.05, 3.63) is 76.1 Å². The Labute approximate surface area is 198 Å². The molecule has 1 heterocycles. The molecule has 2 amide bonds. The maximum atomic E-state index is 12.8. The number of alkyl halides is 3. The fraction of sp³-hybridized carbons (Fsp3) is 0.174. The summed E-state index contributed by atoms with van der Waals surface area (Å²) in [6.07, 6.45) is -3.21. The number of hydrogen-bond donors (Lipinski definition) is 2. The zero-order chi connectivity index (χ0) is 25.0. The first kappa shape index (κ1) is 24.8. The van der Waals surface area contributed by atoms with Gasteiger partial charge in [0, 0.05) is 28.3 Å². The Hall–Kier alpha value is -3.79. The van der Waals surface area contributed by atoms with Crippen LogP contribution in [0.2, 0.25) is 5.02 Å². The molecule has 0 aliphatic heterocycles. The van der Waals surface area contributed by atoms with Crippen LogP contribution in [-0.4, -0.2) is 29.7 Å². The number of amides is 2. The lowest BCUT2D eigenvalue weighted by Crippen LogP contribution is -2.32. The predicted octanol–water partition coefficient (Wildman–Crippen LogP) is 4.86. The Kier molecular flexibility index (Phi) is 7.31. The van der Waals surface area contributed by atoms with Gasteiger partial charge in [-0.25, -0.2) is 5.43 Å². The van der Waals surface area contributed by atoms with Crippen molar-refractivity contribution in [2.45, 2.75) is 20.0 Å². The van der Waals surface area contributed by atoms with E-state index in [0.29, 0.717) is 16.3 Å². The fourth-order valence-electron chi connectivity index (χ4n) is 3.28. The van der Waals surface area contributed by atoms with Crippen LogP contribution < -0.4 is 15.5 Å². The topological polar surface area (TPSA) is 84.7 Å². The molecule has 1 aromatic heterocycles. The average Bonchev–Trinajstić information content (AvgIpc) is 3.06. The number of aryl methyl sites for hydroxylation is 1. The average molecular weight is 493 g/mol. The number of halogens is 4. The summed E-state index contributed by atoms with van der Waals surface area (Å²) in [5, 5.41) is 6.35. The highest BCUT2D eigenvalue weighted by atomic mass is 35.5. The molecule has 0 bridgehead atoms. The molecular formula is C23H20ClF3N4O3. The van der Waals surface area contributed by atoms with Crippen molar-refractivity contribution in [3.63, 3.8) is 0 Å². The number of hydrogen-bond acceptors (Lipinski definition) is 4. The quantitative estimate of drug-likeness (QED) is 0.303. The molecule has 0 spiro atoms. The smallest absolute Gasteiger partial charge is 0.416 e. The van der Waals surface area contributed by atoms with Gasteiger partial charge in [-0.3, -0.25) is 9.59 Å². The molecule has 2 aromatic carbocycles. The predicted molar refractivity (Wildman–Crippen MR) is 123 cm³/mol. The molecule has 3 rings (SSSR count). The molecule has 34 heavy (non-hydrogen) atoms. The van der Waals surface area contributed by atoms with Gasteiger partial charge < -0.3 is 14.6 Å². The fourth-order valence-corrected chi connectivity index (χ4v) is 3.53. The number of ether oxygens (including phenoxy) is 1. The number of anilines is 1. The van der Waals surface area contributed by atoms with Crippen LogP contribution in [0.5, 0.6) is 5.75 Å². The minimum absolute atomic E-state index is 0.166. The third-order valence-corrected chi connectivity index (χ3v) is 5.18. The van der Waals surface area contributed by atoms with E-state index in [9.17, 15) is 22.8 Å². The summed E-state index contributed by atoms with van der Waals surface area (Å²) < 4.78 is 45.5. The van der Waals surface area contributed by atoms with Crippen molar-refractivity contribution in [2.24, 2.45) is 5.10 Å². The minimum Gasteiger partial charge on any atom is -0.495 e. The molecule has 0 saturated carbocycles. The van der Waals surface area contributed by atoms with E-state index >= 15 is 0 Å². The second-order valence-electron chi connectivity index (χ2n) is 7.21. The molecule has 2 N–H and O–H groups in total. The summed E-state index contributed by atoms with van der Waals surface area (Å²) in [6.45, 7) is 3.72. The van der Waals surface area contributed by atoms with Gasteiger partial charge in [0.15, 0.2) is 0 Å². The van der Waals surface area contributed by atoms with Gasteiger partial charge in [-0.1, -0.05) is 17.7 Å². The van der Waals surface area contributed by atoms with E-state index < -0.39 is 23.6 Å². The maximum absolute atomic E-state index is 12.8. The normalized spacial score (nSPS) is 11.5. The van der Waals surface area contributed by atoms with E-state index in [4.69, 9.17) is 16.3 Å². The van der Waals surface area contributed by atoms with Crippen molar-refractivity contribution in [2.75, 3.05) is 12.4 Å². The standard InChI is InChI=1S/C23H20ClF3N4O3/c1-13-9-15(14(2)31(13)18-7-8-20(34-3)19(24)11-18)12-28-30-22(33)21(32)29-17-6-4-5-16(10-17)23(25,26)27/h4-12H,1-3H3,(H,29,32)(H,30,33)/b28-12-. The van der Waals surface area contributed by atoms with Gasteiger partial charge >= 0.3 is 18.0 Å². The summed E-state index contributed by atoms with van der Waals surface area (Å²) in [7, 11) is 1.52. The van der Waals surface area contributed by atoms with Crippen LogP contribution in [0.15, 0.2) is 53.6 Å². The Bertz CT molecular complexity index is 1270. The molecule has 0 atom stereocenters. The van der Waals surface area contributed by atoms with Crippen molar-refractivity contribution in [1.29, 1.82) is 0 Å².